The number of fused-ring (bicyclic) bond motifs is 5. The van der Waals surface area contributed by atoms with Crippen molar-refractivity contribution in [1.29, 1.82) is 0 Å². The molecule has 0 bridgehead atoms. The lowest BCUT2D eigenvalue weighted by Crippen LogP contribution is -2.61. The predicted molar refractivity (Wildman–Crippen MR) is 127 cm³/mol. The SMILES string of the molecule is C=C(CC(O)C(O)C1CCC2(O)C3=CC(=O)C4CC(O)C(O)CC4(C)C3CCC12C)C(C)(C)O. The van der Waals surface area contributed by atoms with Gasteiger partial charge in [-0.15, -0.1) is 0 Å². The van der Waals surface area contributed by atoms with Crippen LogP contribution in [0.25, 0.3) is 0 Å². The van der Waals surface area contributed by atoms with E-state index in [1.54, 1.807) is 19.9 Å². The minimum atomic E-state index is -1.29. The van der Waals surface area contributed by atoms with Gasteiger partial charge < -0.3 is 30.6 Å². The van der Waals surface area contributed by atoms with E-state index in [0.717, 1.165) is 0 Å². The van der Waals surface area contributed by atoms with Gasteiger partial charge in [0.25, 0.3) is 0 Å². The number of hydrogen-bond donors (Lipinski definition) is 6. The summed E-state index contributed by atoms with van der Waals surface area (Å²) < 4.78 is 0. The van der Waals surface area contributed by atoms with E-state index in [1.807, 2.05) is 13.8 Å². The molecule has 10 atom stereocenters. The third-order valence-corrected chi connectivity index (χ3v) is 10.3. The van der Waals surface area contributed by atoms with Crippen molar-refractivity contribution in [2.24, 2.45) is 28.6 Å². The zero-order valence-electron chi connectivity index (χ0n) is 20.9. The maximum atomic E-state index is 13.2. The Hall–Kier alpha value is -1.09. The van der Waals surface area contributed by atoms with Crippen molar-refractivity contribution in [1.82, 2.24) is 0 Å². The summed E-state index contributed by atoms with van der Waals surface area (Å²) in [5, 5.41) is 64.9. The molecule has 7 nitrogen and oxygen atoms in total. The molecule has 3 fully saturated rings. The first kappa shape index (κ1) is 26.0. The summed E-state index contributed by atoms with van der Waals surface area (Å²) in [6.07, 6.45) is 0.322. The highest BCUT2D eigenvalue weighted by atomic mass is 16.3. The Morgan fingerprint density at radius 3 is 2.41 bits per heavy atom. The third kappa shape index (κ3) is 3.66. The van der Waals surface area contributed by atoms with E-state index < -0.39 is 46.4 Å². The van der Waals surface area contributed by atoms with Crippen molar-refractivity contribution in [2.45, 2.75) is 108 Å². The lowest BCUT2D eigenvalue weighted by molar-refractivity contribution is -0.157. The van der Waals surface area contributed by atoms with Gasteiger partial charge in [-0.25, -0.2) is 0 Å². The van der Waals surface area contributed by atoms with Gasteiger partial charge in [-0.05, 0) is 93.3 Å². The van der Waals surface area contributed by atoms with E-state index in [4.69, 9.17) is 0 Å². The summed E-state index contributed by atoms with van der Waals surface area (Å²) in [4.78, 5) is 13.2. The molecule has 0 spiro atoms. The van der Waals surface area contributed by atoms with E-state index >= 15 is 0 Å². The Kier molecular flexibility index (Phi) is 6.28. The van der Waals surface area contributed by atoms with E-state index in [1.165, 1.54) is 0 Å². The molecule has 0 saturated heterocycles. The van der Waals surface area contributed by atoms with Gasteiger partial charge in [-0.2, -0.15) is 0 Å². The Morgan fingerprint density at radius 2 is 1.79 bits per heavy atom. The lowest BCUT2D eigenvalue weighted by atomic mass is 9.46. The van der Waals surface area contributed by atoms with E-state index in [0.29, 0.717) is 43.3 Å². The molecular weight excluding hydrogens is 436 g/mol. The number of hydrogen-bond acceptors (Lipinski definition) is 7. The topological polar surface area (TPSA) is 138 Å². The van der Waals surface area contributed by atoms with Crippen LogP contribution < -0.4 is 0 Å². The number of aliphatic hydroxyl groups is 6. The molecule has 0 radical (unpaired) electrons. The van der Waals surface area contributed by atoms with E-state index in [-0.39, 0.29) is 36.4 Å². The van der Waals surface area contributed by atoms with Crippen LogP contribution in [0.4, 0.5) is 0 Å². The quantitative estimate of drug-likeness (QED) is 0.330. The predicted octanol–water partition coefficient (Wildman–Crippen LogP) is 1.63. The molecule has 0 aromatic heterocycles. The maximum Gasteiger partial charge on any atom is 0.159 e. The van der Waals surface area contributed by atoms with Crippen LogP contribution in [0.5, 0.6) is 0 Å². The van der Waals surface area contributed by atoms with Crippen molar-refractivity contribution < 1.29 is 35.4 Å². The van der Waals surface area contributed by atoms with Crippen LogP contribution in [0, 0.1) is 28.6 Å². The fourth-order valence-corrected chi connectivity index (χ4v) is 7.85. The van der Waals surface area contributed by atoms with Crippen molar-refractivity contribution in [3.63, 3.8) is 0 Å². The molecule has 0 aliphatic heterocycles. The van der Waals surface area contributed by atoms with Gasteiger partial charge in [-0.1, -0.05) is 20.4 Å². The summed E-state index contributed by atoms with van der Waals surface area (Å²) in [6.45, 7) is 11.0. The second-order valence-electron chi connectivity index (χ2n) is 12.6. The molecular formula is C27H42O7. The van der Waals surface area contributed by atoms with Gasteiger partial charge in [0.2, 0.25) is 0 Å². The molecule has 34 heavy (non-hydrogen) atoms. The van der Waals surface area contributed by atoms with Crippen LogP contribution in [-0.4, -0.2) is 72.0 Å². The second-order valence-corrected chi connectivity index (χ2v) is 12.6. The zero-order chi connectivity index (χ0) is 25.4. The average molecular weight is 479 g/mol. The monoisotopic (exact) mass is 478 g/mol. The minimum Gasteiger partial charge on any atom is -0.390 e. The van der Waals surface area contributed by atoms with Crippen molar-refractivity contribution in [3.8, 4) is 0 Å². The average Bonchev–Trinajstić information content (AvgIpc) is 3.00. The Bertz CT molecular complexity index is 890. The van der Waals surface area contributed by atoms with Crippen LogP contribution in [0.2, 0.25) is 0 Å². The normalized spacial score (nSPS) is 46.1. The van der Waals surface area contributed by atoms with Crippen LogP contribution in [0.1, 0.15) is 72.6 Å². The fraction of sp³-hybridized carbons (Fsp3) is 0.815. The minimum absolute atomic E-state index is 0.0550. The summed E-state index contributed by atoms with van der Waals surface area (Å²) in [5.74, 6) is -0.970. The maximum absolute atomic E-state index is 13.2. The van der Waals surface area contributed by atoms with Crippen molar-refractivity contribution >= 4 is 5.78 Å². The van der Waals surface area contributed by atoms with Crippen molar-refractivity contribution in [2.75, 3.05) is 0 Å². The highest BCUT2D eigenvalue weighted by Gasteiger charge is 2.67. The molecule has 3 saturated carbocycles. The number of ketones is 1. The Morgan fingerprint density at radius 1 is 1.15 bits per heavy atom. The molecule has 192 valence electrons. The molecule has 10 unspecified atom stereocenters. The number of rotatable bonds is 5. The van der Waals surface area contributed by atoms with Gasteiger partial charge >= 0.3 is 0 Å². The smallest absolute Gasteiger partial charge is 0.159 e. The molecule has 4 aliphatic rings. The van der Waals surface area contributed by atoms with Gasteiger partial charge in [0.05, 0.1) is 35.6 Å². The molecule has 0 amide bonds. The molecule has 4 rings (SSSR count). The van der Waals surface area contributed by atoms with E-state index in [2.05, 4.69) is 6.58 Å². The summed E-state index contributed by atoms with van der Waals surface area (Å²) in [6, 6.07) is 0. The first-order valence-electron chi connectivity index (χ1n) is 12.7. The molecule has 6 N–H and O–H groups in total. The highest BCUT2D eigenvalue weighted by molar-refractivity contribution is 5.95. The van der Waals surface area contributed by atoms with Gasteiger partial charge in [-0.3, -0.25) is 4.79 Å². The third-order valence-electron chi connectivity index (χ3n) is 10.3. The number of carbonyl (C=O) groups is 1. The Labute approximate surface area is 202 Å². The molecule has 0 aromatic carbocycles. The van der Waals surface area contributed by atoms with Gasteiger partial charge in [0, 0.05) is 11.3 Å². The van der Waals surface area contributed by atoms with Crippen LogP contribution in [-0.2, 0) is 4.79 Å². The van der Waals surface area contributed by atoms with Crippen LogP contribution >= 0.6 is 0 Å². The summed E-state index contributed by atoms with van der Waals surface area (Å²) in [5.41, 5.74) is -2.62. The molecule has 0 heterocycles. The number of allylic oxidation sites excluding steroid dienone is 1. The van der Waals surface area contributed by atoms with Gasteiger partial charge in [0.15, 0.2) is 5.78 Å². The first-order valence-corrected chi connectivity index (χ1v) is 12.7. The van der Waals surface area contributed by atoms with Gasteiger partial charge in [0.1, 0.15) is 0 Å². The van der Waals surface area contributed by atoms with Crippen LogP contribution in [0.3, 0.4) is 0 Å². The zero-order valence-corrected chi connectivity index (χ0v) is 20.9. The Balaban J connectivity index is 1.63. The molecule has 0 aromatic rings. The van der Waals surface area contributed by atoms with Crippen LogP contribution in [0.15, 0.2) is 23.8 Å². The number of aliphatic hydroxyl groups excluding tert-OH is 4. The standard InChI is InChI=1S/C27H42O7/c1-14(24(2,3)33)10-21(30)23(32)16-7-9-27(34)17-11-19(28)18-12-20(29)22(31)13-25(18,4)15(17)6-8-26(16,27)5/h11,15-16,18,20-23,29-34H,1,6-10,12-13H2,2-5H3. The summed E-state index contributed by atoms with van der Waals surface area (Å²) in [7, 11) is 0. The van der Waals surface area contributed by atoms with E-state index in [9.17, 15) is 35.4 Å². The molecule has 7 heteroatoms. The first-order chi connectivity index (χ1) is 15.6. The lowest BCUT2D eigenvalue weighted by Gasteiger charge is -2.60. The van der Waals surface area contributed by atoms with Crippen molar-refractivity contribution in [3.05, 3.63) is 23.8 Å². The largest absolute Gasteiger partial charge is 0.390 e. The summed E-state index contributed by atoms with van der Waals surface area (Å²) >= 11 is 0. The highest BCUT2D eigenvalue weighted by Crippen LogP contribution is 2.67. The number of carbonyl (C=O) groups excluding carboxylic acids is 1. The fourth-order valence-electron chi connectivity index (χ4n) is 7.85. The molecule has 4 aliphatic carbocycles. The second kappa shape index (κ2) is 8.22.